The fourth-order valence-electron chi connectivity index (χ4n) is 1.12. The number of fused-ring (bicyclic) bond motifs is 1. The van der Waals surface area contributed by atoms with Gasteiger partial charge in [0.15, 0.2) is 0 Å². The van der Waals surface area contributed by atoms with Crippen LogP contribution in [0.4, 0.5) is 0 Å². The molecule has 0 saturated heterocycles. The monoisotopic (exact) mass is 260 g/mol. The number of amides is 3. The first-order valence-corrected chi connectivity index (χ1v) is 4.62. The number of nitrogens with zero attached hydrogens (tertiary/aromatic N) is 1. The van der Waals surface area contributed by atoms with Gasteiger partial charge in [0.05, 0.1) is 11.1 Å². The van der Waals surface area contributed by atoms with Crippen LogP contribution in [0.5, 0.6) is 0 Å². The SMILES string of the molecule is CN(C)C=O.O=C1NC(=O)c2ccccc21.[H-].[K+]. The number of hydrogen-bond acceptors (Lipinski definition) is 3. The van der Waals surface area contributed by atoms with Crippen LogP contribution >= 0.6 is 0 Å². The van der Waals surface area contributed by atoms with Gasteiger partial charge < -0.3 is 6.33 Å². The van der Waals surface area contributed by atoms with Gasteiger partial charge in [0, 0.05) is 14.1 Å². The van der Waals surface area contributed by atoms with Crippen LogP contribution in [0.3, 0.4) is 0 Å². The minimum Gasteiger partial charge on any atom is -1.00 e. The van der Waals surface area contributed by atoms with Crippen molar-refractivity contribution in [3.8, 4) is 0 Å². The molecule has 1 N–H and O–H groups in total. The molecule has 0 aromatic heterocycles. The molecule has 0 unspecified atom stereocenters. The van der Waals surface area contributed by atoms with Crippen molar-refractivity contribution in [2.45, 2.75) is 0 Å². The van der Waals surface area contributed by atoms with E-state index in [1.54, 1.807) is 38.4 Å². The molecule has 3 amide bonds. The molecule has 6 heteroatoms. The van der Waals surface area contributed by atoms with Crippen LogP contribution < -0.4 is 56.7 Å². The van der Waals surface area contributed by atoms with Crippen LogP contribution in [0.1, 0.15) is 22.1 Å². The molecule has 0 bridgehead atoms. The normalized spacial score (nSPS) is 11.4. The molecule has 1 heterocycles. The van der Waals surface area contributed by atoms with E-state index in [0.717, 1.165) is 6.41 Å². The third kappa shape index (κ3) is 4.69. The van der Waals surface area contributed by atoms with Gasteiger partial charge in [0.2, 0.25) is 6.41 Å². The van der Waals surface area contributed by atoms with Gasteiger partial charge in [-0.05, 0) is 12.1 Å². The summed E-state index contributed by atoms with van der Waals surface area (Å²) in [5, 5.41) is 2.20. The zero-order chi connectivity index (χ0) is 12.1. The van der Waals surface area contributed by atoms with Crippen molar-refractivity contribution in [2.24, 2.45) is 0 Å². The van der Waals surface area contributed by atoms with Gasteiger partial charge in [-0.2, -0.15) is 0 Å². The summed E-state index contributed by atoms with van der Waals surface area (Å²) in [4.78, 5) is 32.8. The van der Waals surface area contributed by atoms with Gasteiger partial charge in [-0.25, -0.2) is 0 Å². The number of carbonyl (C=O) groups excluding carboxylic acids is 3. The van der Waals surface area contributed by atoms with E-state index in [9.17, 15) is 14.4 Å². The summed E-state index contributed by atoms with van der Waals surface area (Å²) in [6, 6.07) is 6.74. The summed E-state index contributed by atoms with van der Waals surface area (Å²) in [6.07, 6.45) is 0.750. The van der Waals surface area contributed by atoms with Crippen molar-refractivity contribution in [1.29, 1.82) is 0 Å². The number of imide groups is 1. The summed E-state index contributed by atoms with van der Waals surface area (Å²) < 4.78 is 0. The Kier molecular flexibility index (Phi) is 7.48. The first kappa shape index (κ1) is 16.5. The average Bonchev–Trinajstić information content (AvgIpc) is 2.56. The van der Waals surface area contributed by atoms with Crippen LogP contribution in [0.2, 0.25) is 0 Å². The Balaban J connectivity index is 0. The molecule has 1 aliphatic rings. The molecule has 17 heavy (non-hydrogen) atoms. The fourth-order valence-corrected chi connectivity index (χ4v) is 1.12. The number of nitrogens with one attached hydrogen (secondary N) is 1. The van der Waals surface area contributed by atoms with Crippen LogP contribution in [0.15, 0.2) is 24.3 Å². The van der Waals surface area contributed by atoms with Crippen molar-refractivity contribution in [1.82, 2.24) is 10.2 Å². The van der Waals surface area contributed by atoms with Crippen LogP contribution in [-0.2, 0) is 4.79 Å². The summed E-state index contributed by atoms with van der Waals surface area (Å²) in [5.41, 5.74) is 0.940. The topological polar surface area (TPSA) is 66.5 Å². The van der Waals surface area contributed by atoms with Crippen molar-refractivity contribution in [3.05, 3.63) is 35.4 Å². The smallest absolute Gasteiger partial charge is 1.00 e. The predicted octanol–water partition coefficient (Wildman–Crippen LogP) is -2.61. The number of carbonyl (C=O) groups is 3. The second kappa shape index (κ2) is 7.73. The molecule has 0 atom stereocenters. The molecule has 0 radical (unpaired) electrons. The van der Waals surface area contributed by atoms with Crippen molar-refractivity contribution in [2.75, 3.05) is 14.1 Å². The Bertz CT molecular complexity index is 405. The number of hydrogen-bond donors (Lipinski definition) is 1. The third-order valence-electron chi connectivity index (χ3n) is 1.85. The van der Waals surface area contributed by atoms with E-state index in [2.05, 4.69) is 5.32 Å². The summed E-state index contributed by atoms with van der Waals surface area (Å²) >= 11 is 0. The third-order valence-corrected chi connectivity index (χ3v) is 1.85. The Morgan fingerprint density at radius 3 is 1.76 bits per heavy atom. The molecular formula is C11H13KN2O3. The Labute approximate surface area is 143 Å². The summed E-state index contributed by atoms with van der Waals surface area (Å²) in [7, 11) is 3.38. The minimum absolute atomic E-state index is 0. The maximum Gasteiger partial charge on any atom is 1.00 e. The molecule has 1 aliphatic heterocycles. The van der Waals surface area contributed by atoms with Crippen molar-refractivity contribution in [3.63, 3.8) is 0 Å². The molecule has 2 rings (SSSR count). The molecule has 86 valence electrons. The maximum absolute atomic E-state index is 10.9. The summed E-state index contributed by atoms with van der Waals surface area (Å²) in [5.74, 6) is -0.601. The molecule has 0 aliphatic carbocycles. The molecule has 0 fully saturated rings. The zero-order valence-corrected chi connectivity index (χ0v) is 13.2. The van der Waals surface area contributed by atoms with Crippen molar-refractivity contribution >= 4 is 18.2 Å². The predicted molar refractivity (Wildman–Crippen MR) is 59.1 cm³/mol. The van der Waals surface area contributed by atoms with Crippen LogP contribution in [-0.4, -0.2) is 37.2 Å². The quantitative estimate of drug-likeness (QED) is 0.342. The second-order valence-electron chi connectivity index (χ2n) is 3.40. The van der Waals surface area contributed by atoms with Gasteiger partial charge in [0.25, 0.3) is 11.8 Å². The van der Waals surface area contributed by atoms with E-state index >= 15 is 0 Å². The number of rotatable bonds is 1. The van der Waals surface area contributed by atoms with Gasteiger partial charge in [0.1, 0.15) is 0 Å². The Hall–Kier alpha value is -0.534. The van der Waals surface area contributed by atoms with Crippen molar-refractivity contribution < 1.29 is 67.2 Å². The van der Waals surface area contributed by atoms with E-state index in [1.165, 1.54) is 4.90 Å². The van der Waals surface area contributed by atoms with E-state index in [4.69, 9.17) is 0 Å². The van der Waals surface area contributed by atoms with Crippen LogP contribution in [0, 0.1) is 0 Å². The maximum atomic E-state index is 10.9. The van der Waals surface area contributed by atoms with E-state index in [-0.39, 0.29) is 64.6 Å². The molecule has 5 nitrogen and oxygen atoms in total. The molecule has 0 spiro atoms. The fraction of sp³-hybridized carbons (Fsp3) is 0.182. The van der Waals surface area contributed by atoms with Gasteiger partial charge in [-0.1, -0.05) is 12.1 Å². The number of benzene rings is 1. The Morgan fingerprint density at radius 2 is 1.47 bits per heavy atom. The van der Waals surface area contributed by atoms with E-state index in [1.807, 2.05) is 0 Å². The van der Waals surface area contributed by atoms with Crippen LogP contribution in [0.25, 0.3) is 0 Å². The molecule has 1 aromatic rings. The first-order valence-electron chi connectivity index (χ1n) is 4.62. The summed E-state index contributed by atoms with van der Waals surface area (Å²) in [6.45, 7) is 0. The standard InChI is InChI=1S/C8H5NO2.C3H7NO.K.H/c10-7-5-3-1-2-4-6(5)8(11)9-7;1-4(2)3-5;;/h1-4H,(H,9,10,11);3H,1-2H3;;/q;;+1;-1. The van der Waals surface area contributed by atoms with E-state index < -0.39 is 0 Å². The Morgan fingerprint density at radius 1 is 1.12 bits per heavy atom. The molecule has 1 aromatic carbocycles. The van der Waals surface area contributed by atoms with Gasteiger partial charge >= 0.3 is 51.4 Å². The average molecular weight is 260 g/mol. The first-order chi connectivity index (χ1) is 7.56. The van der Waals surface area contributed by atoms with E-state index in [0.29, 0.717) is 11.1 Å². The zero-order valence-electron chi connectivity index (χ0n) is 11.1. The van der Waals surface area contributed by atoms with Gasteiger partial charge in [-0.15, -0.1) is 0 Å². The molecule has 0 saturated carbocycles. The van der Waals surface area contributed by atoms with Gasteiger partial charge in [-0.3, -0.25) is 19.7 Å². The molecular weight excluding hydrogens is 247 g/mol. The largest absolute Gasteiger partial charge is 1.00 e. The minimum atomic E-state index is -0.300. The second-order valence-corrected chi connectivity index (χ2v) is 3.40.